The van der Waals surface area contributed by atoms with E-state index < -0.39 is 0 Å². The van der Waals surface area contributed by atoms with Crippen molar-refractivity contribution >= 4 is 12.0 Å². The Morgan fingerprint density at radius 2 is 2.06 bits per heavy atom. The van der Waals surface area contributed by atoms with Gasteiger partial charge in [-0.3, -0.25) is 0 Å². The predicted octanol–water partition coefficient (Wildman–Crippen LogP) is 2.71. The van der Waals surface area contributed by atoms with Crippen LogP contribution < -0.4 is 0 Å². The fourth-order valence-electron chi connectivity index (χ4n) is 1.45. The van der Waals surface area contributed by atoms with Gasteiger partial charge in [-0.25, -0.2) is 9.18 Å². The van der Waals surface area contributed by atoms with Crippen molar-refractivity contribution in [3.8, 4) is 0 Å². The Balaban J connectivity index is 2.01. The number of halogens is 1. The van der Waals surface area contributed by atoms with E-state index >= 15 is 0 Å². The summed E-state index contributed by atoms with van der Waals surface area (Å²) in [5, 5.41) is 0. The summed E-state index contributed by atoms with van der Waals surface area (Å²) in [6, 6.07) is 6.14. The Hall–Kier alpha value is -1.90. The molecule has 0 aromatic heterocycles. The zero-order valence-corrected chi connectivity index (χ0v) is 8.60. The summed E-state index contributed by atoms with van der Waals surface area (Å²) in [6.07, 6.45) is 7.28. The lowest BCUT2D eigenvalue weighted by molar-refractivity contribution is -0.141. The first-order valence-corrected chi connectivity index (χ1v) is 5.05. The zero-order chi connectivity index (χ0) is 11.4. The van der Waals surface area contributed by atoms with Crippen LogP contribution in [0.2, 0.25) is 0 Å². The molecule has 2 nitrogen and oxygen atoms in total. The fraction of sp³-hybridized carbons (Fsp3) is 0.154. The van der Waals surface area contributed by atoms with Crippen molar-refractivity contribution in [2.75, 3.05) is 0 Å². The highest BCUT2D eigenvalue weighted by Crippen LogP contribution is 2.11. The molecule has 0 unspecified atom stereocenters. The van der Waals surface area contributed by atoms with Crippen molar-refractivity contribution in [3.63, 3.8) is 0 Å². The third-order valence-corrected chi connectivity index (χ3v) is 2.26. The highest BCUT2D eigenvalue weighted by molar-refractivity contribution is 5.83. The summed E-state index contributed by atoms with van der Waals surface area (Å²) in [5.41, 5.74) is 0.881. The van der Waals surface area contributed by atoms with Crippen molar-refractivity contribution in [3.05, 3.63) is 53.9 Å². The molecule has 3 heteroatoms. The summed E-state index contributed by atoms with van der Waals surface area (Å²) < 4.78 is 17.7. The molecule has 0 aliphatic carbocycles. The van der Waals surface area contributed by atoms with Crippen molar-refractivity contribution < 1.29 is 13.9 Å². The van der Waals surface area contributed by atoms with Crippen LogP contribution in [0.25, 0.3) is 6.08 Å². The molecule has 1 aliphatic heterocycles. The number of carbonyl (C=O) groups excluding carboxylic acids is 1. The number of benzene rings is 1. The van der Waals surface area contributed by atoms with E-state index in [4.69, 9.17) is 4.74 Å². The van der Waals surface area contributed by atoms with Crippen LogP contribution in [0.4, 0.5) is 4.39 Å². The second-order valence-electron chi connectivity index (χ2n) is 3.52. The Bertz CT molecular complexity index is 432. The molecule has 16 heavy (non-hydrogen) atoms. The van der Waals surface area contributed by atoms with Gasteiger partial charge >= 0.3 is 5.97 Å². The van der Waals surface area contributed by atoms with Crippen molar-refractivity contribution in [1.82, 2.24) is 0 Å². The van der Waals surface area contributed by atoms with Crippen LogP contribution >= 0.6 is 0 Å². The first-order chi connectivity index (χ1) is 7.74. The average molecular weight is 218 g/mol. The van der Waals surface area contributed by atoms with Crippen molar-refractivity contribution in [2.45, 2.75) is 12.5 Å². The van der Waals surface area contributed by atoms with Gasteiger partial charge in [-0.05, 0) is 23.8 Å². The molecular weight excluding hydrogens is 207 g/mol. The van der Waals surface area contributed by atoms with E-state index in [1.807, 2.05) is 6.08 Å². The molecule has 0 N–H and O–H groups in total. The number of rotatable bonds is 2. The zero-order valence-electron chi connectivity index (χ0n) is 8.60. The molecule has 1 aromatic rings. The molecule has 1 atom stereocenters. The molecular formula is C13H11FO2. The highest BCUT2D eigenvalue weighted by Gasteiger charge is 2.11. The van der Waals surface area contributed by atoms with Gasteiger partial charge in [0.05, 0.1) is 0 Å². The molecule has 2 rings (SSSR count). The summed E-state index contributed by atoms with van der Waals surface area (Å²) in [5.74, 6) is -0.579. The van der Waals surface area contributed by atoms with Crippen molar-refractivity contribution in [2.24, 2.45) is 0 Å². The average Bonchev–Trinajstić information content (AvgIpc) is 2.28. The summed E-state index contributed by atoms with van der Waals surface area (Å²) in [6.45, 7) is 0. The maximum absolute atomic E-state index is 12.6. The molecule has 0 fully saturated rings. The summed E-state index contributed by atoms with van der Waals surface area (Å²) in [7, 11) is 0. The molecule has 1 aliphatic rings. The van der Waals surface area contributed by atoms with Gasteiger partial charge in [0.1, 0.15) is 11.9 Å². The van der Waals surface area contributed by atoms with Gasteiger partial charge in [0.15, 0.2) is 0 Å². The van der Waals surface area contributed by atoms with Crippen LogP contribution in [0.1, 0.15) is 12.0 Å². The predicted molar refractivity (Wildman–Crippen MR) is 59.1 cm³/mol. The molecule has 0 bridgehead atoms. The molecule has 0 radical (unpaired) electrons. The van der Waals surface area contributed by atoms with E-state index in [0.717, 1.165) is 5.56 Å². The number of esters is 1. The molecule has 1 aromatic carbocycles. The van der Waals surface area contributed by atoms with Crippen LogP contribution in [-0.2, 0) is 9.53 Å². The summed E-state index contributed by atoms with van der Waals surface area (Å²) in [4.78, 5) is 10.9. The fourth-order valence-corrected chi connectivity index (χ4v) is 1.45. The third-order valence-electron chi connectivity index (χ3n) is 2.26. The number of hydrogen-bond acceptors (Lipinski definition) is 2. The smallest absolute Gasteiger partial charge is 0.331 e. The standard InChI is InChI=1S/C13H11FO2/c14-11-7-4-10(5-8-11)6-9-12-2-1-3-13(15)16-12/h1,3-9,12H,2H2/t12-/m0/s1. The Morgan fingerprint density at radius 3 is 2.75 bits per heavy atom. The third kappa shape index (κ3) is 2.79. The molecule has 1 heterocycles. The van der Waals surface area contributed by atoms with Gasteiger partial charge in [0.25, 0.3) is 0 Å². The largest absolute Gasteiger partial charge is 0.455 e. The second kappa shape index (κ2) is 4.75. The molecule has 0 saturated carbocycles. The van der Waals surface area contributed by atoms with Crippen LogP contribution in [0.3, 0.4) is 0 Å². The maximum atomic E-state index is 12.6. The highest BCUT2D eigenvalue weighted by atomic mass is 19.1. The SMILES string of the molecule is O=C1C=CC[C@@H](C=Cc2ccc(F)cc2)O1. The minimum absolute atomic E-state index is 0.220. The number of hydrogen-bond donors (Lipinski definition) is 0. The van der Waals surface area contributed by atoms with Gasteiger partial charge in [-0.1, -0.05) is 24.3 Å². The van der Waals surface area contributed by atoms with Crippen LogP contribution in [0.15, 0.2) is 42.5 Å². The van der Waals surface area contributed by atoms with Gasteiger partial charge in [-0.15, -0.1) is 0 Å². The lowest BCUT2D eigenvalue weighted by atomic mass is 10.1. The lowest BCUT2D eigenvalue weighted by Crippen LogP contribution is -2.17. The van der Waals surface area contributed by atoms with Crippen molar-refractivity contribution in [1.29, 1.82) is 0 Å². The molecule has 0 amide bonds. The number of cyclic esters (lactones) is 1. The van der Waals surface area contributed by atoms with Crippen LogP contribution in [0, 0.1) is 5.82 Å². The van der Waals surface area contributed by atoms with Crippen LogP contribution in [0.5, 0.6) is 0 Å². The maximum Gasteiger partial charge on any atom is 0.331 e. The van der Waals surface area contributed by atoms with E-state index in [0.29, 0.717) is 6.42 Å². The van der Waals surface area contributed by atoms with Gasteiger partial charge in [-0.2, -0.15) is 0 Å². The minimum Gasteiger partial charge on any atom is -0.455 e. The molecule has 0 spiro atoms. The van der Waals surface area contributed by atoms with E-state index in [2.05, 4.69) is 0 Å². The summed E-state index contributed by atoms with van der Waals surface area (Å²) >= 11 is 0. The quantitative estimate of drug-likeness (QED) is 0.713. The molecule has 82 valence electrons. The van der Waals surface area contributed by atoms with Gasteiger partial charge in [0, 0.05) is 12.5 Å². The van der Waals surface area contributed by atoms with Gasteiger partial charge in [0.2, 0.25) is 0 Å². The molecule has 0 saturated heterocycles. The van der Waals surface area contributed by atoms with E-state index in [1.54, 1.807) is 24.3 Å². The topological polar surface area (TPSA) is 26.3 Å². The number of ether oxygens (including phenoxy) is 1. The van der Waals surface area contributed by atoms with E-state index in [-0.39, 0.29) is 17.9 Å². The Kier molecular flexibility index (Phi) is 3.15. The monoisotopic (exact) mass is 218 g/mol. The van der Waals surface area contributed by atoms with E-state index in [1.165, 1.54) is 18.2 Å². The Morgan fingerprint density at radius 1 is 1.31 bits per heavy atom. The van der Waals surface area contributed by atoms with E-state index in [9.17, 15) is 9.18 Å². The minimum atomic E-state index is -0.319. The second-order valence-corrected chi connectivity index (χ2v) is 3.52. The number of carbonyl (C=O) groups is 1. The normalized spacial score (nSPS) is 20.1. The lowest BCUT2D eigenvalue weighted by Gasteiger charge is -2.14. The first-order valence-electron chi connectivity index (χ1n) is 5.05. The van der Waals surface area contributed by atoms with Crippen LogP contribution in [-0.4, -0.2) is 12.1 Å². The first kappa shape index (κ1) is 10.6. The Labute approximate surface area is 93.0 Å². The van der Waals surface area contributed by atoms with Gasteiger partial charge < -0.3 is 4.74 Å².